The van der Waals surface area contributed by atoms with Gasteiger partial charge in [0.05, 0.1) is 0 Å². The van der Waals surface area contributed by atoms with Gasteiger partial charge in [-0.3, -0.25) is 9.59 Å². The summed E-state index contributed by atoms with van der Waals surface area (Å²) in [6, 6.07) is 5.96. The molecule has 0 bridgehead atoms. The second-order valence-corrected chi connectivity index (χ2v) is 9.40. The Hall–Kier alpha value is -2.03. The number of nitrogens with one attached hydrogen (secondary N) is 1. The SMILES string of the molecule is CC(C)(Cc1ccc(F)cc1)NC(=O)[C@H](O)[C@@H](O)C(=O)N1CCC[C@H]1CN1CCCC1. The molecule has 1 aromatic rings. The minimum atomic E-state index is -1.85. The van der Waals surface area contributed by atoms with Gasteiger partial charge in [-0.05, 0) is 76.7 Å². The lowest BCUT2D eigenvalue weighted by molar-refractivity contribution is -0.154. The zero-order valence-electron chi connectivity index (χ0n) is 18.4. The van der Waals surface area contributed by atoms with Crippen molar-refractivity contribution in [3.05, 3.63) is 35.6 Å². The molecule has 0 radical (unpaired) electrons. The number of likely N-dealkylation sites (tertiary alicyclic amines) is 2. The Kier molecular flexibility index (Phi) is 7.67. The summed E-state index contributed by atoms with van der Waals surface area (Å²) in [6.45, 7) is 6.87. The van der Waals surface area contributed by atoms with Crippen LogP contribution in [-0.4, -0.2) is 81.8 Å². The number of amides is 2. The fourth-order valence-electron chi connectivity index (χ4n) is 4.59. The number of carbonyl (C=O) groups is 2. The average Bonchev–Trinajstić information content (AvgIpc) is 3.40. The van der Waals surface area contributed by atoms with Crippen molar-refractivity contribution in [2.45, 2.75) is 69.7 Å². The Morgan fingerprint density at radius 2 is 1.74 bits per heavy atom. The normalized spacial score (nSPS) is 21.8. The molecule has 0 saturated carbocycles. The number of hydrogen-bond donors (Lipinski definition) is 3. The highest BCUT2D eigenvalue weighted by atomic mass is 19.1. The van der Waals surface area contributed by atoms with Crippen molar-refractivity contribution in [1.82, 2.24) is 15.1 Å². The van der Waals surface area contributed by atoms with Gasteiger partial charge in [-0.2, -0.15) is 0 Å². The molecule has 2 heterocycles. The molecule has 2 amide bonds. The van der Waals surface area contributed by atoms with Crippen LogP contribution in [0.2, 0.25) is 0 Å². The molecule has 2 saturated heterocycles. The van der Waals surface area contributed by atoms with Crippen LogP contribution in [0, 0.1) is 5.82 Å². The van der Waals surface area contributed by atoms with Crippen LogP contribution in [0.4, 0.5) is 4.39 Å². The maximum atomic E-state index is 13.1. The predicted octanol–water partition coefficient (Wildman–Crippen LogP) is 1.07. The number of aliphatic hydroxyl groups is 2. The molecule has 0 aliphatic carbocycles. The molecule has 2 aliphatic rings. The first-order valence-corrected chi connectivity index (χ1v) is 11.1. The summed E-state index contributed by atoms with van der Waals surface area (Å²) >= 11 is 0. The van der Waals surface area contributed by atoms with Gasteiger partial charge in [-0.25, -0.2) is 4.39 Å². The van der Waals surface area contributed by atoms with Crippen LogP contribution in [0.3, 0.4) is 0 Å². The largest absolute Gasteiger partial charge is 0.380 e. The number of hydrogen-bond acceptors (Lipinski definition) is 5. The Morgan fingerprint density at radius 1 is 1.10 bits per heavy atom. The summed E-state index contributed by atoms with van der Waals surface area (Å²) < 4.78 is 13.1. The van der Waals surface area contributed by atoms with Gasteiger partial charge < -0.3 is 25.3 Å². The monoisotopic (exact) mass is 435 g/mol. The quantitative estimate of drug-likeness (QED) is 0.568. The van der Waals surface area contributed by atoms with Gasteiger partial charge in [0, 0.05) is 24.7 Å². The lowest BCUT2D eigenvalue weighted by Crippen LogP contribution is -2.56. The topological polar surface area (TPSA) is 93.1 Å². The van der Waals surface area contributed by atoms with E-state index in [1.165, 1.54) is 12.1 Å². The van der Waals surface area contributed by atoms with E-state index in [9.17, 15) is 24.2 Å². The predicted molar refractivity (Wildman–Crippen MR) is 115 cm³/mol. The Labute approximate surface area is 183 Å². The van der Waals surface area contributed by atoms with E-state index in [0.717, 1.165) is 50.9 Å². The lowest BCUT2D eigenvalue weighted by atomic mass is 9.94. The molecule has 0 spiro atoms. The third-order valence-electron chi connectivity index (χ3n) is 6.17. The van der Waals surface area contributed by atoms with Gasteiger partial charge in [-0.1, -0.05) is 12.1 Å². The van der Waals surface area contributed by atoms with E-state index in [-0.39, 0.29) is 11.9 Å². The molecule has 1 aromatic carbocycles. The van der Waals surface area contributed by atoms with E-state index < -0.39 is 29.6 Å². The molecule has 0 unspecified atom stereocenters. The summed E-state index contributed by atoms with van der Waals surface area (Å²) in [5.41, 5.74) is 0.0598. The fourth-order valence-corrected chi connectivity index (χ4v) is 4.59. The van der Waals surface area contributed by atoms with Crippen molar-refractivity contribution in [3.63, 3.8) is 0 Å². The van der Waals surface area contributed by atoms with E-state index in [0.29, 0.717) is 13.0 Å². The van der Waals surface area contributed by atoms with E-state index in [2.05, 4.69) is 10.2 Å². The van der Waals surface area contributed by atoms with E-state index >= 15 is 0 Å². The molecule has 172 valence electrons. The van der Waals surface area contributed by atoms with Crippen LogP contribution in [0.15, 0.2) is 24.3 Å². The maximum Gasteiger partial charge on any atom is 0.254 e. The van der Waals surface area contributed by atoms with Gasteiger partial charge in [0.1, 0.15) is 5.82 Å². The summed E-state index contributed by atoms with van der Waals surface area (Å²) in [7, 11) is 0. The van der Waals surface area contributed by atoms with Crippen LogP contribution < -0.4 is 5.32 Å². The molecule has 3 rings (SSSR count). The average molecular weight is 436 g/mol. The van der Waals surface area contributed by atoms with Gasteiger partial charge in [0.2, 0.25) is 0 Å². The number of carbonyl (C=O) groups excluding carboxylic acids is 2. The van der Waals surface area contributed by atoms with Crippen molar-refractivity contribution >= 4 is 11.8 Å². The number of nitrogens with zero attached hydrogens (tertiary/aromatic N) is 2. The molecule has 7 nitrogen and oxygen atoms in total. The summed E-state index contributed by atoms with van der Waals surface area (Å²) in [5, 5.41) is 23.5. The van der Waals surface area contributed by atoms with Crippen molar-refractivity contribution in [2.75, 3.05) is 26.2 Å². The second kappa shape index (κ2) is 10.1. The smallest absolute Gasteiger partial charge is 0.254 e. The highest BCUT2D eigenvalue weighted by Gasteiger charge is 2.39. The highest BCUT2D eigenvalue weighted by molar-refractivity contribution is 5.91. The highest BCUT2D eigenvalue weighted by Crippen LogP contribution is 2.22. The second-order valence-electron chi connectivity index (χ2n) is 9.40. The Balaban J connectivity index is 1.55. The molecule has 8 heteroatoms. The molecular weight excluding hydrogens is 401 g/mol. The summed E-state index contributed by atoms with van der Waals surface area (Å²) in [4.78, 5) is 29.3. The first-order chi connectivity index (χ1) is 14.7. The van der Waals surface area contributed by atoms with Crippen LogP contribution in [-0.2, 0) is 16.0 Å². The number of benzene rings is 1. The summed E-state index contributed by atoms with van der Waals surface area (Å²) in [5.74, 6) is -1.74. The molecule has 2 aliphatic heterocycles. The minimum Gasteiger partial charge on any atom is -0.380 e. The molecular formula is C23H34FN3O4. The maximum absolute atomic E-state index is 13.1. The first-order valence-electron chi connectivity index (χ1n) is 11.1. The number of rotatable bonds is 8. The Bertz CT molecular complexity index is 765. The molecule has 31 heavy (non-hydrogen) atoms. The van der Waals surface area contributed by atoms with Crippen molar-refractivity contribution < 1.29 is 24.2 Å². The summed E-state index contributed by atoms with van der Waals surface area (Å²) in [6.07, 6.45) is 0.783. The van der Waals surface area contributed by atoms with Gasteiger partial charge in [0.25, 0.3) is 11.8 Å². The number of halogens is 1. The zero-order chi connectivity index (χ0) is 22.6. The van der Waals surface area contributed by atoms with Crippen molar-refractivity contribution in [2.24, 2.45) is 0 Å². The lowest BCUT2D eigenvalue weighted by Gasteiger charge is -2.32. The van der Waals surface area contributed by atoms with Gasteiger partial charge >= 0.3 is 0 Å². The third-order valence-corrected chi connectivity index (χ3v) is 6.17. The zero-order valence-corrected chi connectivity index (χ0v) is 18.4. The first kappa shape index (κ1) is 23.6. The standard InChI is InChI=1S/C23H34FN3O4/c1-23(2,14-16-7-9-17(24)10-8-16)25-21(30)19(28)20(29)22(31)27-13-5-6-18(27)15-26-11-3-4-12-26/h7-10,18-20,28-29H,3-6,11-15H2,1-2H3,(H,25,30)/t18-,19+,20+/m0/s1. The van der Waals surface area contributed by atoms with Crippen LogP contribution >= 0.6 is 0 Å². The van der Waals surface area contributed by atoms with Crippen LogP contribution in [0.25, 0.3) is 0 Å². The minimum absolute atomic E-state index is 0.00503. The molecule has 3 atom stereocenters. The molecule has 3 N–H and O–H groups in total. The molecule has 2 fully saturated rings. The van der Waals surface area contributed by atoms with E-state index in [4.69, 9.17) is 0 Å². The van der Waals surface area contributed by atoms with Gasteiger partial charge in [-0.15, -0.1) is 0 Å². The van der Waals surface area contributed by atoms with Crippen LogP contribution in [0.1, 0.15) is 45.1 Å². The molecule has 0 aromatic heterocycles. The van der Waals surface area contributed by atoms with E-state index in [1.54, 1.807) is 30.9 Å². The van der Waals surface area contributed by atoms with Crippen molar-refractivity contribution in [3.8, 4) is 0 Å². The van der Waals surface area contributed by atoms with Crippen LogP contribution in [0.5, 0.6) is 0 Å². The number of aliphatic hydroxyl groups excluding tert-OH is 2. The van der Waals surface area contributed by atoms with Crippen molar-refractivity contribution in [1.29, 1.82) is 0 Å². The van der Waals surface area contributed by atoms with E-state index in [1.807, 2.05) is 0 Å². The third kappa shape index (κ3) is 6.24. The Morgan fingerprint density at radius 3 is 2.39 bits per heavy atom. The van der Waals surface area contributed by atoms with Gasteiger partial charge in [0.15, 0.2) is 12.2 Å². The fraction of sp³-hybridized carbons (Fsp3) is 0.652.